The summed E-state index contributed by atoms with van der Waals surface area (Å²) < 4.78 is 23.6. The van der Waals surface area contributed by atoms with Crippen LogP contribution in [-0.4, -0.2) is 48.4 Å². The second-order valence-corrected chi connectivity index (χ2v) is 5.46. The van der Waals surface area contributed by atoms with E-state index in [4.69, 9.17) is 9.47 Å². The smallest absolute Gasteiger partial charge is 0.410 e. The molecule has 1 aliphatic heterocycles. The Balaban J connectivity index is 2.47. The molecule has 1 fully saturated rings. The van der Waals surface area contributed by atoms with E-state index in [0.717, 1.165) is 0 Å². The highest BCUT2D eigenvalue weighted by molar-refractivity contribution is 5.68. The van der Waals surface area contributed by atoms with Gasteiger partial charge in [-0.1, -0.05) is 0 Å². The van der Waals surface area contributed by atoms with Crippen molar-refractivity contribution in [2.75, 3.05) is 19.7 Å². The van der Waals surface area contributed by atoms with Crippen LogP contribution in [0, 0.1) is 5.92 Å². The highest BCUT2D eigenvalue weighted by Gasteiger charge is 2.37. The lowest BCUT2D eigenvalue weighted by molar-refractivity contribution is -0.142. The van der Waals surface area contributed by atoms with Crippen molar-refractivity contribution in [3.63, 3.8) is 0 Å². The number of hydrogen-bond acceptors (Lipinski definition) is 4. The normalized spacial score (nSPS) is 23.9. The molecule has 0 aromatic heterocycles. The molecule has 1 heterocycles. The molecule has 0 unspecified atom stereocenters. The van der Waals surface area contributed by atoms with E-state index < -0.39 is 29.8 Å². The van der Waals surface area contributed by atoms with Crippen molar-refractivity contribution in [3.05, 3.63) is 0 Å². The van der Waals surface area contributed by atoms with Gasteiger partial charge in [0, 0.05) is 19.4 Å². The molecule has 5 nitrogen and oxygen atoms in total. The lowest BCUT2D eigenvalue weighted by Crippen LogP contribution is -2.35. The summed E-state index contributed by atoms with van der Waals surface area (Å²) >= 11 is 0. The Morgan fingerprint density at radius 1 is 1.33 bits per heavy atom. The SMILES string of the molecule is CC(=O)OC[C@H]1CN(C(=O)OC(C)(C)C)C[C@@H]1F. The maximum atomic E-state index is 13.6. The molecule has 1 aliphatic rings. The molecule has 0 bridgehead atoms. The van der Waals surface area contributed by atoms with E-state index in [0.29, 0.717) is 0 Å². The summed E-state index contributed by atoms with van der Waals surface area (Å²) in [5.74, 6) is -0.917. The maximum absolute atomic E-state index is 13.6. The first-order valence-electron chi connectivity index (χ1n) is 5.94. The van der Waals surface area contributed by atoms with Crippen molar-refractivity contribution in [2.45, 2.75) is 39.5 Å². The summed E-state index contributed by atoms with van der Waals surface area (Å²) in [7, 11) is 0. The second-order valence-electron chi connectivity index (χ2n) is 5.46. The molecule has 1 amide bonds. The predicted octanol–water partition coefficient (Wildman–Crippen LogP) is 1.75. The zero-order valence-electron chi connectivity index (χ0n) is 11.2. The standard InChI is InChI=1S/C12H20FNO4/c1-8(15)17-7-9-5-14(6-10(9)13)11(16)18-12(2,3)4/h9-10H,5-7H2,1-4H3/t9-,10+/m1/s1. The van der Waals surface area contributed by atoms with E-state index in [1.807, 2.05) is 0 Å². The third-order valence-corrected chi connectivity index (χ3v) is 2.51. The fourth-order valence-electron chi connectivity index (χ4n) is 1.69. The molecule has 18 heavy (non-hydrogen) atoms. The molecule has 0 saturated carbocycles. The Labute approximate surface area is 106 Å². The van der Waals surface area contributed by atoms with Crippen molar-refractivity contribution < 1.29 is 23.5 Å². The molecule has 0 radical (unpaired) electrons. The number of nitrogens with zero attached hydrogens (tertiary/aromatic N) is 1. The van der Waals surface area contributed by atoms with Crippen LogP contribution in [-0.2, 0) is 14.3 Å². The number of rotatable bonds is 2. The van der Waals surface area contributed by atoms with Crippen molar-refractivity contribution in [3.8, 4) is 0 Å². The van der Waals surface area contributed by atoms with E-state index in [1.54, 1.807) is 20.8 Å². The number of hydrogen-bond donors (Lipinski definition) is 0. The Morgan fingerprint density at radius 2 is 1.94 bits per heavy atom. The lowest BCUT2D eigenvalue weighted by Gasteiger charge is -2.24. The molecule has 1 rings (SSSR count). The Hall–Kier alpha value is -1.33. The molecule has 1 saturated heterocycles. The van der Waals surface area contributed by atoms with Crippen molar-refractivity contribution in [2.24, 2.45) is 5.92 Å². The van der Waals surface area contributed by atoms with Crippen LogP contribution in [0.3, 0.4) is 0 Å². The van der Waals surface area contributed by atoms with Gasteiger partial charge in [-0.2, -0.15) is 0 Å². The molecule has 104 valence electrons. The first-order valence-corrected chi connectivity index (χ1v) is 5.94. The van der Waals surface area contributed by atoms with Crippen LogP contribution < -0.4 is 0 Å². The summed E-state index contributed by atoms with van der Waals surface area (Å²) in [6.45, 7) is 6.73. The summed E-state index contributed by atoms with van der Waals surface area (Å²) in [4.78, 5) is 23.7. The molecule has 0 N–H and O–H groups in total. The number of esters is 1. The third kappa shape index (κ3) is 4.50. The molecule has 2 atom stereocenters. The van der Waals surface area contributed by atoms with E-state index in [-0.39, 0.29) is 19.7 Å². The fraction of sp³-hybridized carbons (Fsp3) is 0.833. The summed E-state index contributed by atoms with van der Waals surface area (Å²) in [6, 6.07) is 0. The van der Waals surface area contributed by atoms with Gasteiger partial charge in [-0.3, -0.25) is 4.79 Å². The number of ether oxygens (including phenoxy) is 2. The first kappa shape index (κ1) is 14.7. The van der Waals surface area contributed by atoms with Gasteiger partial charge in [0.25, 0.3) is 0 Å². The van der Waals surface area contributed by atoms with Crippen molar-refractivity contribution >= 4 is 12.1 Å². The topological polar surface area (TPSA) is 55.8 Å². The molecule has 6 heteroatoms. The molecule has 0 aromatic rings. The number of carbonyl (C=O) groups excluding carboxylic acids is 2. The number of halogens is 1. The van der Waals surface area contributed by atoms with Crippen LogP contribution in [0.1, 0.15) is 27.7 Å². The van der Waals surface area contributed by atoms with Gasteiger partial charge in [-0.15, -0.1) is 0 Å². The van der Waals surface area contributed by atoms with Gasteiger partial charge < -0.3 is 14.4 Å². The molecule has 0 spiro atoms. The maximum Gasteiger partial charge on any atom is 0.410 e. The quantitative estimate of drug-likeness (QED) is 0.711. The highest BCUT2D eigenvalue weighted by atomic mass is 19.1. The summed E-state index contributed by atoms with van der Waals surface area (Å²) in [5.41, 5.74) is -0.600. The third-order valence-electron chi connectivity index (χ3n) is 2.51. The summed E-state index contributed by atoms with van der Waals surface area (Å²) in [6.07, 6.45) is -1.72. The van der Waals surface area contributed by atoms with Crippen LogP contribution in [0.2, 0.25) is 0 Å². The van der Waals surface area contributed by atoms with Gasteiger partial charge >= 0.3 is 12.1 Å². The monoisotopic (exact) mass is 261 g/mol. The minimum absolute atomic E-state index is 0.00417. The molecule has 0 aliphatic carbocycles. The van der Waals surface area contributed by atoms with Gasteiger partial charge in [-0.25, -0.2) is 9.18 Å². The molecular weight excluding hydrogens is 241 g/mol. The number of amides is 1. The van der Waals surface area contributed by atoms with Crippen LogP contribution >= 0.6 is 0 Å². The largest absolute Gasteiger partial charge is 0.465 e. The Morgan fingerprint density at radius 3 is 2.44 bits per heavy atom. The van der Waals surface area contributed by atoms with E-state index in [2.05, 4.69) is 0 Å². The average Bonchev–Trinajstić information content (AvgIpc) is 2.54. The van der Waals surface area contributed by atoms with Gasteiger partial charge in [0.05, 0.1) is 13.2 Å². The van der Waals surface area contributed by atoms with E-state index in [9.17, 15) is 14.0 Å². The van der Waals surface area contributed by atoms with E-state index >= 15 is 0 Å². The van der Waals surface area contributed by atoms with Gasteiger partial charge in [0.1, 0.15) is 11.8 Å². The average molecular weight is 261 g/mol. The second kappa shape index (κ2) is 5.54. The lowest BCUT2D eigenvalue weighted by atomic mass is 10.1. The molecular formula is C12H20FNO4. The van der Waals surface area contributed by atoms with Crippen LogP contribution in [0.15, 0.2) is 0 Å². The van der Waals surface area contributed by atoms with Crippen molar-refractivity contribution in [1.29, 1.82) is 0 Å². The zero-order valence-corrected chi connectivity index (χ0v) is 11.2. The van der Waals surface area contributed by atoms with Crippen LogP contribution in [0.4, 0.5) is 9.18 Å². The first-order chi connectivity index (χ1) is 8.19. The highest BCUT2D eigenvalue weighted by Crippen LogP contribution is 2.22. The predicted molar refractivity (Wildman–Crippen MR) is 62.8 cm³/mol. The van der Waals surface area contributed by atoms with E-state index in [1.165, 1.54) is 11.8 Å². The fourth-order valence-corrected chi connectivity index (χ4v) is 1.69. The minimum atomic E-state index is -1.18. The number of alkyl halides is 1. The van der Waals surface area contributed by atoms with Gasteiger partial charge in [0.15, 0.2) is 0 Å². The van der Waals surface area contributed by atoms with Crippen LogP contribution in [0.25, 0.3) is 0 Å². The Bertz CT molecular complexity index is 327. The van der Waals surface area contributed by atoms with Gasteiger partial charge in [0.2, 0.25) is 0 Å². The van der Waals surface area contributed by atoms with Gasteiger partial charge in [-0.05, 0) is 20.8 Å². The number of carbonyl (C=O) groups is 2. The minimum Gasteiger partial charge on any atom is -0.465 e. The molecule has 0 aromatic carbocycles. The zero-order chi connectivity index (χ0) is 13.9. The van der Waals surface area contributed by atoms with Crippen LogP contribution in [0.5, 0.6) is 0 Å². The summed E-state index contributed by atoms with van der Waals surface area (Å²) in [5, 5.41) is 0. The Kier molecular flexibility index (Phi) is 4.53. The van der Waals surface area contributed by atoms with Crippen molar-refractivity contribution in [1.82, 2.24) is 4.90 Å². The number of likely N-dealkylation sites (tertiary alicyclic amines) is 1.